The van der Waals surface area contributed by atoms with Crippen LogP contribution in [0, 0.1) is 0 Å². The van der Waals surface area contributed by atoms with Crippen LogP contribution in [0.2, 0.25) is 0 Å². The Morgan fingerprint density at radius 3 is 2.47 bits per heavy atom. The van der Waals surface area contributed by atoms with E-state index in [1.165, 1.54) is 0 Å². The number of sulfone groups is 1. The number of aliphatic carboxylic acids is 1. The van der Waals surface area contributed by atoms with Gasteiger partial charge in [-0.15, -0.1) is 0 Å². The van der Waals surface area contributed by atoms with E-state index < -0.39 is 21.3 Å². The average molecular weight is 263 g/mol. The maximum Gasteiger partial charge on any atom is 0.323 e. The molecule has 100 valence electrons. The first-order valence-electron chi connectivity index (χ1n) is 5.91. The fourth-order valence-corrected chi connectivity index (χ4v) is 4.18. The molecule has 5 nitrogen and oxygen atoms in total. The number of carboxylic acid groups (broad SMARTS) is 1. The van der Waals surface area contributed by atoms with Crippen molar-refractivity contribution in [2.75, 3.05) is 18.1 Å². The largest absolute Gasteiger partial charge is 0.480 e. The van der Waals surface area contributed by atoms with Crippen molar-refractivity contribution in [3.8, 4) is 0 Å². The average Bonchev–Trinajstić information content (AvgIpc) is 2.16. The zero-order chi connectivity index (χ0) is 13.3. The quantitative estimate of drug-likeness (QED) is 0.810. The Hall–Kier alpha value is -0.620. The van der Waals surface area contributed by atoms with Crippen LogP contribution in [-0.2, 0) is 14.6 Å². The van der Waals surface area contributed by atoms with E-state index in [0.29, 0.717) is 13.0 Å². The van der Waals surface area contributed by atoms with Crippen LogP contribution in [0.25, 0.3) is 0 Å². The van der Waals surface area contributed by atoms with Crippen LogP contribution >= 0.6 is 0 Å². The molecule has 1 aliphatic rings. The molecule has 0 radical (unpaired) electrons. The first-order valence-corrected chi connectivity index (χ1v) is 7.73. The predicted molar refractivity (Wildman–Crippen MR) is 65.8 cm³/mol. The molecular weight excluding hydrogens is 242 g/mol. The van der Waals surface area contributed by atoms with Gasteiger partial charge in [0.25, 0.3) is 0 Å². The Balaban J connectivity index is 2.92. The Morgan fingerprint density at radius 2 is 2.06 bits per heavy atom. The Morgan fingerprint density at radius 1 is 1.47 bits per heavy atom. The van der Waals surface area contributed by atoms with Crippen molar-refractivity contribution < 1.29 is 18.3 Å². The molecule has 0 aromatic carbocycles. The summed E-state index contributed by atoms with van der Waals surface area (Å²) in [6.07, 6.45) is 1.38. The van der Waals surface area contributed by atoms with Crippen LogP contribution in [0.5, 0.6) is 0 Å². The molecule has 1 rings (SSSR count). The second-order valence-corrected chi connectivity index (χ2v) is 7.29. The molecule has 6 heteroatoms. The van der Waals surface area contributed by atoms with Gasteiger partial charge in [-0.25, -0.2) is 8.42 Å². The number of carbonyl (C=O) groups is 1. The minimum absolute atomic E-state index is 0.0809. The highest BCUT2D eigenvalue weighted by molar-refractivity contribution is 7.91. The van der Waals surface area contributed by atoms with Gasteiger partial charge in [-0.05, 0) is 33.2 Å². The molecule has 0 spiro atoms. The van der Waals surface area contributed by atoms with Gasteiger partial charge in [0.1, 0.15) is 5.54 Å². The van der Waals surface area contributed by atoms with E-state index in [9.17, 15) is 18.3 Å². The van der Waals surface area contributed by atoms with E-state index in [0.717, 1.165) is 6.42 Å². The van der Waals surface area contributed by atoms with Gasteiger partial charge in [-0.1, -0.05) is 6.92 Å². The van der Waals surface area contributed by atoms with Crippen molar-refractivity contribution in [2.45, 2.75) is 45.2 Å². The predicted octanol–water partition coefficient (Wildman–Crippen LogP) is 0.749. The van der Waals surface area contributed by atoms with E-state index >= 15 is 0 Å². The molecule has 0 aliphatic carbocycles. The van der Waals surface area contributed by atoms with Gasteiger partial charge in [0.15, 0.2) is 9.84 Å². The summed E-state index contributed by atoms with van der Waals surface area (Å²) in [6.45, 7) is 5.66. The summed E-state index contributed by atoms with van der Waals surface area (Å²) in [6, 6.07) is -0.176. The van der Waals surface area contributed by atoms with Crippen molar-refractivity contribution in [1.82, 2.24) is 4.90 Å². The van der Waals surface area contributed by atoms with E-state index in [1.54, 1.807) is 18.7 Å². The molecule has 1 N–H and O–H groups in total. The third-order valence-electron chi connectivity index (χ3n) is 3.46. The summed E-state index contributed by atoms with van der Waals surface area (Å²) in [5.41, 5.74) is -1.02. The molecular formula is C11H21NO4S. The van der Waals surface area contributed by atoms with Crippen molar-refractivity contribution in [3.05, 3.63) is 0 Å². The number of rotatable bonds is 4. The van der Waals surface area contributed by atoms with Crippen LogP contribution in [0.3, 0.4) is 0 Å². The smallest absolute Gasteiger partial charge is 0.323 e. The molecule has 0 amide bonds. The van der Waals surface area contributed by atoms with E-state index in [2.05, 4.69) is 0 Å². The van der Waals surface area contributed by atoms with Crippen molar-refractivity contribution in [3.63, 3.8) is 0 Å². The molecule has 1 atom stereocenters. The van der Waals surface area contributed by atoms with Crippen LogP contribution in [0.1, 0.15) is 33.6 Å². The maximum absolute atomic E-state index is 11.6. The maximum atomic E-state index is 11.6. The third kappa shape index (κ3) is 3.19. The molecule has 1 fully saturated rings. The normalized spacial score (nSPS) is 24.8. The Labute approximate surface area is 103 Å². The molecule has 0 saturated carbocycles. The lowest BCUT2D eigenvalue weighted by Gasteiger charge is -2.41. The molecule has 0 bridgehead atoms. The summed E-state index contributed by atoms with van der Waals surface area (Å²) in [7, 11) is -3.01. The van der Waals surface area contributed by atoms with Gasteiger partial charge in [0.2, 0.25) is 0 Å². The minimum atomic E-state index is -3.01. The second-order valence-electron chi connectivity index (χ2n) is 5.06. The van der Waals surface area contributed by atoms with Crippen molar-refractivity contribution in [2.24, 2.45) is 0 Å². The lowest BCUT2D eigenvalue weighted by atomic mass is 9.99. The number of carboxylic acids is 1. The summed E-state index contributed by atoms with van der Waals surface area (Å²) in [5, 5.41) is 9.21. The molecule has 0 aromatic rings. The van der Waals surface area contributed by atoms with Crippen molar-refractivity contribution >= 4 is 15.8 Å². The topological polar surface area (TPSA) is 74.7 Å². The Bertz CT molecular complexity index is 388. The molecule has 1 heterocycles. The summed E-state index contributed by atoms with van der Waals surface area (Å²) >= 11 is 0. The molecule has 1 saturated heterocycles. The van der Waals surface area contributed by atoms with E-state index in [-0.39, 0.29) is 17.5 Å². The van der Waals surface area contributed by atoms with Gasteiger partial charge < -0.3 is 5.11 Å². The first-order chi connectivity index (χ1) is 7.70. The zero-order valence-electron chi connectivity index (χ0n) is 10.6. The number of nitrogens with zero attached hydrogens (tertiary/aromatic N) is 1. The van der Waals surface area contributed by atoms with Crippen molar-refractivity contribution in [1.29, 1.82) is 0 Å². The third-order valence-corrected chi connectivity index (χ3v) is 5.27. The van der Waals surface area contributed by atoms with Gasteiger partial charge in [0.05, 0.1) is 11.5 Å². The van der Waals surface area contributed by atoms with Gasteiger partial charge in [-0.2, -0.15) is 0 Å². The summed E-state index contributed by atoms with van der Waals surface area (Å²) < 4.78 is 23.2. The van der Waals surface area contributed by atoms with E-state index in [1.807, 2.05) is 6.92 Å². The summed E-state index contributed by atoms with van der Waals surface area (Å²) in [5.74, 6) is -0.603. The van der Waals surface area contributed by atoms with Gasteiger partial charge >= 0.3 is 5.97 Å². The standard InChI is InChI=1S/C11H21NO4S/c1-4-12(11(2,3)10(13)14)9-6-5-7-17(15,16)8-9/h9H,4-8H2,1-3H3,(H,13,14). The highest BCUT2D eigenvalue weighted by Gasteiger charge is 2.40. The van der Waals surface area contributed by atoms with Crippen LogP contribution in [0.4, 0.5) is 0 Å². The highest BCUT2D eigenvalue weighted by Crippen LogP contribution is 2.25. The minimum Gasteiger partial charge on any atom is -0.480 e. The molecule has 1 unspecified atom stereocenters. The van der Waals surface area contributed by atoms with Crippen LogP contribution in [-0.4, -0.2) is 54.0 Å². The fourth-order valence-electron chi connectivity index (χ4n) is 2.48. The monoisotopic (exact) mass is 263 g/mol. The Kier molecular flexibility index (Phi) is 4.19. The molecule has 1 aliphatic heterocycles. The fraction of sp³-hybridized carbons (Fsp3) is 0.909. The SMILES string of the molecule is CCN(C1CCCS(=O)(=O)C1)C(C)(C)C(=O)O. The number of likely N-dealkylation sites (N-methyl/N-ethyl adjacent to an activating group) is 1. The number of hydrogen-bond donors (Lipinski definition) is 1. The van der Waals surface area contributed by atoms with Crippen LogP contribution in [0.15, 0.2) is 0 Å². The summed E-state index contributed by atoms with van der Waals surface area (Å²) in [4.78, 5) is 13.0. The van der Waals surface area contributed by atoms with Gasteiger partial charge in [-0.3, -0.25) is 9.69 Å². The first kappa shape index (κ1) is 14.4. The van der Waals surface area contributed by atoms with Crippen LogP contribution < -0.4 is 0 Å². The lowest BCUT2D eigenvalue weighted by Crippen LogP contribution is -2.57. The zero-order valence-corrected chi connectivity index (χ0v) is 11.5. The lowest BCUT2D eigenvalue weighted by molar-refractivity contribution is -0.150. The van der Waals surface area contributed by atoms with Gasteiger partial charge in [0, 0.05) is 6.04 Å². The molecule has 0 aromatic heterocycles. The number of hydrogen-bond acceptors (Lipinski definition) is 4. The second kappa shape index (κ2) is 4.94. The van der Waals surface area contributed by atoms with E-state index in [4.69, 9.17) is 0 Å². The highest BCUT2D eigenvalue weighted by atomic mass is 32.2. The molecule has 17 heavy (non-hydrogen) atoms.